The molecule has 134 valence electrons. The Bertz CT molecular complexity index is 370. The summed E-state index contributed by atoms with van der Waals surface area (Å²) in [5, 5.41) is 13.9. The van der Waals surface area contributed by atoms with Crippen LogP contribution in [0.25, 0.3) is 0 Å². The highest BCUT2D eigenvalue weighted by Crippen LogP contribution is 2.29. The smallest absolute Gasteiger partial charge is 0.194 e. The van der Waals surface area contributed by atoms with Crippen LogP contribution in [0.3, 0.4) is 0 Å². The molecule has 2 aliphatic rings. The fraction of sp³-hybridized carbons (Fsp3) is 0.941. The Morgan fingerprint density at radius 3 is 2.83 bits per heavy atom. The molecule has 1 aliphatic carbocycles. The van der Waals surface area contributed by atoms with Gasteiger partial charge in [-0.2, -0.15) is 0 Å². The van der Waals surface area contributed by atoms with E-state index in [1.807, 2.05) is 0 Å². The van der Waals surface area contributed by atoms with E-state index in [4.69, 9.17) is 14.5 Å². The van der Waals surface area contributed by atoms with Crippen molar-refractivity contribution in [2.24, 2.45) is 10.9 Å². The van der Waals surface area contributed by atoms with Crippen molar-refractivity contribution in [2.45, 2.75) is 44.6 Å². The molecular formula is C17H33N3O3. The fourth-order valence-corrected chi connectivity index (χ4v) is 3.39. The Kier molecular flexibility index (Phi) is 7.59. The molecule has 0 bridgehead atoms. The van der Waals surface area contributed by atoms with Gasteiger partial charge in [0.2, 0.25) is 0 Å². The van der Waals surface area contributed by atoms with Crippen LogP contribution in [0.1, 0.15) is 39.0 Å². The van der Waals surface area contributed by atoms with Gasteiger partial charge in [0.25, 0.3) is 0 Å². The Morgan fingerprint density at radius 1 is 1.35 bits per heavy atom. The van der Waals surface area contributed by atoms with E-state index < -0.39 is 5.60 Å². The molecule has 0 spiro atoms. The van der Waals surface area contributed by atoms with Gasteiger partial charge >= 0.3 is 0 Å². The lowest BCUT2D eigenvalue weighted by Gasteiger charge is -2.24. The van der Waals surface area contributed by atoms with Crippen molar-refractivity contribution < 1.29 is 14.6 Å². The number of aliphatic hydroxyl groups is 1. The van der Waals surface area contributed by atoms with E-state index in [1.165, 1.54) is 0 Å². The van der Waals surface area contributed by atoms with Gasteiger partial charge in [-0.25, -0.2) is 0 Å². The van der Waals surface area contributed by atoms with Gasteiger partial charge in [-0.15, -0.1) is 0 Å². The number of rotatable bonds is 8. The second-order valence-corrected chi connectivity index (χ2v) is 6.77. The molecule has 0 radical (unpaired) electrons. The van der Waals surface area contributed by atoms with Crippen LogP contribution in [0.2, 0.25) is 0 Å². The number of guanidine groups is 1. The lowest BCUT2D eigenvalue weighted by molar-refractivity contribution is 0.0533. The number of ether oxygens (including phenoxy) is 2. The third kappa shape index (κ3) is 5.94. The highest BCUT2D eigenvalue weighted by Gasteiger charge is 2.31. The number of aliphatic imine (C=N–C) groups is 1. The number of nitrogens with zero attached hydrogens (tertiary/aromatic N) is 2. The molecule has 1 saturated carbocycles. The third-order valence-electron chi connectivity index (χ3n) is 4.76. The highest BCUT2D eigenvalue weighted by molar-refractivity contribution is 5.80. The number of likely N-dealkylation sites (tertiary alicyclic amines) is 1. The molecule has 1 aliphatic heterocycles. The van der Waals surface area contributed by atoms with Crippen LogP contribution in [0.15, 0.2) is 4.99 Å². The van der Waals surface area contributed by atoms with Gasteiger partial charge < -0.3 is 24.8 Å². The Hall–Kier alpha value is -0.850. The molecule has 0 aromatic heterocycles. The summed E-state index contributed by atoms with van der Waals surface area (Å²) >= 11 is 0. The van der Waals surface area contributed by atoms with Gasteiger partial charge in [0.05, 0.1) is 32.0 Å². The largest absolute Gasteiger partial charge is 0.388 e. The maximum Gasteiger partial charge on any atom is 0.194 e. The number of methoxy groups -OCH3 is 1. The normalized spacial score (nSPS) is 24.4. The van der Waals surface area contributed by atoms with Crippen LogP contribution in [0.5, 0.6) is 0 Å². The molecule has 23 heavy (non-hydrogen) atoms. The van der Waals surface area contributed by atoms with Crippen molar-refractivity contribution in [1.82, 2.24) is 10.2 Å². The van der Waals surface area contributed by atoms with Crippen LogP contribution in [-0.2, 0) is 9.47 Å². The van der Waals surface area contributed by atoms with Crippen LogP contribution >= 0.6 is 0 Å². The van der Waals surface area contributed by atoms with E-state index in [-0.39, 0.29) is 0 Å². The molecular weight excluding hydrogens is 294 g/mol. The molecule has 1 atom stereocenters. The Morgan fingerprint density at radius 2 is 2.13 bits per heavy atom. The topological polar surface area (TPSA) is 66.3 Å². The van der Waals surface area contributed by atoms with Crippen molar-refractivity contribution in [3.05, 3.63) is 0 Å². The molecule has 2 rings (SSSR count). The van der Waals surface area contributed by atoms with Crippen molar-refractivity contribution in [3.63, 3.8) is 0 Å². The summed E-state index contributed by atoms with van der Waals surface area (Å²) in [5.41, 5.74) is -0.580. The summed E-state index contributed by atoms with van der Waals surface area (Å²) in [6.45, 7) is 7.52. The second kappa shape index (κ2) is 9.45. The molecule has 6 nitrogen and oxygen atoms in total. The third-order valence-corrected chi connectivity index (χ3v) is 4.76. The number of nitrogens with one attached hydrogen (secondary N) is 1. The first-order valence-electron chi connectivity index (χ1n) is 8.99. The summed E-state index contributed by atoms with van der Waals surface area (Å²) < 4.78 is 10.7. The first-order chi connectivity index (χ1) is 11.2. The fourth-order valence-electron chi connectivity index (χ4n) is 3.39. The van der Waals surface area contributed by atoms with E-state index >= 15 is 0 Å². The average Bonchev–Trinajstić information content (AvgIpc) is 3.18. The molecule has 1 unspecified atom stereocenters. The summed E-state index contributed by atoms with van der Waals surface area (Å²) in [6.07, 6.45) is 5.12. The quantitative estimate of drug-likeness (QED) is 0.399. The molecule has 0 aromatic carbocycles. The molecule has 6 heteroatoms. The van der Waals surface area contributed by atoms with Crippen LogP contribution in [0.4, 0.5) is 0 Å². The standard InChI is InChI=1S/C17H33N3O3/c1-3-18-16(19-14-17(21)7-4-5-8-17)20-9-6-15(12-20)13-23-11-10-22-2/h15,21H,3-14H2,1-2H3,(H,18,19). The maximum atomic E-state index is 10.5. The minimum atomic E-state index is -0.580. The van der Waals surface area contributed by atoms with Crippen molar-refractivity contribution in [3.8, 4) is 0 Å². The summed E-state index contributed by atoms with van der Waals surface area (Å²) in [5.74, 6) is 1.48. The van der Waals surface area contributed by atoms with Gasteiger partial charge in [-0.3, -0.25) is 4.99 Å². The van der Waals surface area contributed by atoms with Crippen LogP contribution in [0, 0.1) is 5.92 Å². The lowest BCUT2D eigenvalue weighted by Crippen LogP contribution is -2.41. The highest BCUT2D eigenvalue weighted by atomic mass is 16.5. The van der Waals surface area contributed by atoms with Crippen molar-refractivity contribution in [2.75, 3.05) is 53.1 Å². The molecule has 0 aromatic rings. The summed E-state index contributed by atoms with van der Waals surface area (Å²) in [4.78, 5) is 7.01. The first kappa shape index (κ1) is 18.5. The van der Waals surface area contributed by atoms with Gasteiger partial charge in [-0.05, 0) is 26.2 Å². The van der Waals surface area contributed by atoms with E-state index in [0.717, 1.165) is 64.3 Å². The molecule has 2 fully saturated rings. The molecule has 1 saturated heterocycles. The van der Waals surface area contributed by atoms with Crippen LogP contribution < -0.4 is 5.32 Å². The molecule has 0 amide bonds. The zero-order valence-electron chi connectivity index (χ0n) is 14.7. The number of hydrogen-bond acceptors (Lipinski definition) is 4. The summed E-state index contributed by atoms with van der Waals surface area (Å²) in [7, 11) is 1.69. The van der Waals surface area contributed by atoms with Gasteiger partial charge in [-0.1, -0.05) is 12.8 Å². The first-order valence-corrected chi connectivity index (χ1v) is 8.99. The SMILES string of the molecule is CCNC(=NCC1(O)CCCC1)N1CCC(COCCOC)C1. The minimum Gasteiger partial charge on any atom is -0.388 e. The van der Waals surface area contributed by atoms with E-state index in [2.05, 4.69) is 17.1 Å². The minimum absolute atomic E-state index is 0.515. The van der Waals surface area contributed by atoms with E-state index in [9.17, 15) is 5.11 Å². The zero-order valence-corrected chi connectivity index (χ0v) is 14.7. The lowest BCUT2D eigenvalue weighted by atomic mass is 10.0. The second-order valence-electron chi connectivity index (χ2n) is 6.77. The Balaban J connectivity index is 1.81. The summed E-state index contributed by atoms with van der Waals surface area (Å²) in [6, 6.07) is 0. The van der Waals surface area contributed by atoms with Gasteiger partial charge in [0.1, 0.15) is 0 Å². The van der Waals surface area contributed by atoms with E-state index in [1.54, 1.807) is 7.11 Å². The predicted octanol–water partition coefficient (Wildman–Crippen LogP) is 1.24. The zero-order chi connectivity index (χ0) is 16.5. The average molecular weight is 327 g/mol. The molecule has 2 N–H and O–H groups in total. The number of hydrogen-bond donors (Lipinski definition) is 2. The predicted molar refractivity (Wildman–Crippen MR) is 91.8 cm³/mol. The maximum absolute atomic E-state index is 10.5. The Labute approximate surface area is 140 Å². The van der Waals surface area contributed by atoms with E-state index in [0.29, 0.717) is 25.7 Å². The molecule has 1 heterocycles. The van der Waals surface area contributed by atoms with Gasteiger partial charge in [0.15, 0.2) is 5.96 Å². The van der Waals surface area contributed by atoms with Crippen LogP contribution in [-0.4, -0.2) is 74.7 Å². The monoisotopic (exact) mass is 327 g/mol. The van der Waals surface area contributed by atoms with Gasteiger partial charge in [0, 0.05) is 32.7 Å². The van der Waals surface area contributed by atoms with Crippen molar-refractivity contribution >= 4 is 5.96 Å². The van der Waals surface area contributed by atoms with Crippen molar-refractivity contribution in [1.29, 1.82) is 0 Å².